The summed E-state index contributed by atoms with van der Waals surface area (Å²) in [6, 6.07) is 1.39. The maximum Gasteiger partial charge on any atom is 0.0450 e. The Morgan fingerprint density at radius 3 is 2.40 bits per heavy atom. The standard InChI is InChI=1S/C7H16S2Si/c1-10(2,3)7-6-9-5-4-8/h4-5,8H,6-7H2,1-3H3/p-1/b5-4-. The summed E-state index contributed by atoms with van der Waals surface area (Å²) in [6.07, 6.45) is 0. The minimum atomic E-state index is -0.796. The quantitative estimate of drug-likeness (QED) is 0.380. The van der Waals surface area contributed by atoms with Crippen LogP contribution in [0.15, 0.2) is 10.8 Å². The summed E-state index contributed by atoms with van der Waals surface area (Å²) in [5.41, 5.74) is 0. The number of thioether (sulfide) groups is 1. The Labute approximate surface area is 74.9 Å². The van der Waals surface area contributed by atoms with E-state index < -0.39 is 8.07 Å². The fourth-order valence-corrected chi connectivity index (χ4v) is 3.84. The van der Waals surface area contributed by atoms with Crippen molar-refractivity contribution in [2.75, 3.05) is 5.75 Å². The van der Waals surface area contributed by atoms with Crippen LogP contribution in [-0.2, 0) is 12.6 Å². The van der Waals surface area contributed by atoms with Crippen molar-refractivity contribution in [1.82, 2.24) is 0 Å². The Kier molecular flexibility index (Phi) is 5.49. The van der Waals surface area contributed by atoms with Gasteiger partial charge in [0.1, 0.15) is 0 Å². The van der Waals surface area contributed by atoms with E-state index in [9.17, 15) is 0 Å². The summed E-state index contributed by atoms with van der Waals surface area (Å²) in [5.74, 6) is 1.24. The van der Waals surface area contributed by atoms with Crippen LogP contribution in [0.25, 0.3) is 0 Å². The minimum absolute atomic E-state index is 0.796. The molecule has 0 amide bonds. The molecule has 0 saturated heterocycles. The van der Waals surface area contributed by atoms with Gasteiger partial charge in [0.2, 0.25) is 0 Å². The van der Waals surface area contributed by atoms with Gasteiger partial charge in [0.05, 0.1) is 0 Å². The average Bonchev–Trinajstić information content (AvgIpc) is 1.78. The Bertz CT molecular complexity index is 105. The maximum atomic E-state index is 4.67. The molecule has 0 aromatic rings. The third-order valence-electron chi connectivity index (χ3n) is 1.12. The van der Waals surface area contributed by atoms with Crippen LogP contribution in [0.4, 0.5) is 0 Å². The van der Waals surface area contributed by atoms with Gasteiger partial charge in [-0.3, -0.25) is 0 Å². The molecular weight excluding hydrogens is 176 g/mol. The van der Waals surface area contributed by atoms with Gasteiger partial charge in [-0.05, 0) is 11.8 Å². The minimum Gasteiger partial charge on any atom is -0.787 e. The van der Waals surface area contributed by atoms with Crippen LogP contribution >= 0.6 is 11.8 Å². The van der Waals surface area contributed by atoms with E-state index >= 15 is 0 Å². The predicted octanol–water partition coefficient (Wildman–Crippen LogP) is 3.08. The summed E-state index contributed by atoms with van der Waals surface area (Å²) >= 11 is 6.50. The number of hydrogen-bond acceptors (Lipinski definition) is 2. The molecule has 0 spiro atoms. The topological polar surface area (TPSA) is 0 Å². The van der Waals surface area contributed by atoms with Gasteiger partial charge in [0, 0.05) is 8.07 Å². The first-order valence-corrected chi connectivity index (χ1v) is 8.67. The highest BCUT2D eigenvalue weighted by Gasteiger charge is 2.10. The lowest BCUT2D eigenvalue weighted by molar-refractivity contribution is 1.38. The fraction of sp³-hybridized carbons (Fsp3) is 0.714. The van der Waals surface area contributed by atoms with Gasteiger partial charge in [-0.25, -0.2) is 5.41 Å². The largest absolute Gasteiger partial charge is 0.787 e. The number of rotatable bonds is 4. The van der Waals surface area contributed by atoms with Crippen LogP contribution < -0.4 is 0 Å². The molecule has 0 unspecified atom stereocenters. The van der Waals surface area contributed by atoms with Crippen LogP contribution in [-0.4, -0.2) is 13.8 Å². The summed E-state index contributed by atoms with van der Waals surface area (Å²) in [5, 5.41) is 3.68. The lowest BCUT2D eigenvalue weighted by Crippen LogP contribution is -2.19. The maximum absolute atomic E-state index is 4.67. The van der Waals surface area contributed by atoms with Crippen molar-refractivity contribution in [2.24, 2.45) is 0 Å². The Hall–Kier alpha value is 0.527. The third-order valence-corrected chi connectivity index (χ3v) is 4.31. The number of hydrogen-bond donors (Lipinski definition) is 0. The van der Waals surface area contributed by atoms with E-state index in [1.165, 1.54) is 11.8 Å². The molecule has 0 aliphatic carbocycles. The second-order valence-electron chi connectivity index (χ2n) is 3.45. The highest BCUT2D eigenvalue weighted by molar-refractivity contribution is 8.02. The molecule has 0 atom stereocenters. The SMILES string of the molecule is C[Si](C)(C)CCS/C=C\[S-]. The molecule has 10 heavy (non-hydrogen) atoms. The molecule has 60 valence electrons. The van der Waals surface area contributed by atoms with Crippen molar-refractivity contribution in [3.63, 3.8) is 0 Å². The van der Waals surface area contributed by atoms with Crippen molar-refractivity contribution < 1.29 is 0 Å². The first-order valence-electron chi connectivity index (χ1n) is 3.45. The van der Waals surface area contributed by atoms with E-state index in [-0.39, 0.29) is 0 Å². The lowest BCUT2D eigenvalue weighted by atomic mass is 11.0. The van der Waals surface area contributed by atoms with E-state index in [2.05, 4.69) is 32.3 Å². The summed E-state index contributed by atoms with van der Waals surface area (Å²) in [4.78, 5) is 0. The highest BCUT2D eigenvalue weighted by atomic mass is 32.2. The molecule has 0 rings (SSSR count). The molecule has 0 aliphatic rings. The smallest absolute Gasteiger partial charge is 0.0450 e. The van der Waals surface area contributed by atoms with Crippen LogP contribution in [0.2, 0.25) is 25.7 Å². The molecule has 0 saturated carbocycles. The molecule has 0 fully saturated rings. The van der Waals surface area contributed by atoms with Gasteiger partial charge in [0.15, 0.2) is 0 Å². The van der Waals surface area contributed by atoms with Gasteiger partial charge < -0.3 is 12.6 Å². The van der Waals surface area contributed by atoms with Crippen molar-refractivity contribution in [3.8, 4) is 0 Å². The average molecular weight is 191 g/mol. The zero-order chi connectivity index (χ0) is 8.04. The summed E-state index contributed by atoms with van der Waals surface area (Å²) in [6.45, 7) is 7.18. The lowest BCUT2D eigenvalue weighted by Gasteiger charge is -2.13. The molecule has 0 nitrogen and oxygen atoms in total. The first kappa shape index (κ1) is 10.5. The van der Waals surface area contributed by atoms with Gasteiger partial charge in [-0.2, -0.15) is 0 Å². The molecule has 0 N–H and O–H groups in total. The fourth-order valence-electron chi connectivity index (χ4n) is 0.472. The third kappa shape index (κ3) is 8.53. The van der Waals surface area contributed by atoms with E-state index in [1.807, 2.05) is 17.2 Å². The van der Waals surface area contributed by atoms with Crippen molar-refractivity contribution in [3.05, 3.63) is 10.8 Å². The summed E-state index contributed by atoms with van der Waals surface area (Å²) < 4.78 is 0. The van der Waals surface area contributed by atoms with Crippen LogP contribution in [0.5, 0.6) is 0 Å². The van der Waals surface area contributed by atoms with Gasteiger partial charge in [0.25, 0.3) is 0 Å². The molecule has 0 aliphatic heterocycles. The molecule has 0 bridgehead atoms. The Balaban J connectivity index is 3.20. The van der Waals surface area contributed by atoms with Gasteiger partial charge in [-0.15, -0.1) is 11.8 Å². The Morgan fingerprint density at radius 2 is 2.00 bits per heavy atom. The first-order chi connectivity index (χ1) is 4.56. The molecule has 0 radical (unpaired) electrons. The monoisotopic (exact) mass is 191 g/mol. The van der Waals surface area contributed by atoms with E-state index in [1.54, 1.807) is 5.41 Å². The van der Waals surface area contributed by atoms with Crippen LogP contribution in [0, 0.1) is 0 Å². The molecule has 0 heterocycles. The van der Waals surface area contributed by atoms with Gasteiger partial charge in [-0.1, -0.05) is 25.0 Å². The zero-order valence-electron chi connectivity index (χ0n) is 6.89. The van der Waals surface area contributed by atoms with E-state index in [4.69, 9.17) is 0 Å². The second kappa shape index (κ2) is 5.21. The molecule has 0 aromatic heterocycles. The van der Waals surface area contributed by atoms with Crippen LogP contribution in [0.3, 0.4) is 0 Å². The molecule has 3 heteroatoms. The van der Waals surface area contributed by atoms with Crippen LogP contribution in [0.1, 0.15) is 0 Å². The summed E-state index contributed by atoms with van der Waals surface area (Å²) in [7, 11) is -0.796. The molecular formula is C7H15S2Si-. The zero-order valence-corrected chi connectivity index (χ0v) is 9.52. The second-order valence-corrected chi connectivity index (χ2v) is 10.4. The van der Waals surface area contributed by atoms with Crippen molar-refractivity contribution in [1.29, 1.82) is 0 Å². The molecule has 0 aromatic carbocycles. The van der Waals surface area contributed by atoms with E-state index in [0.717, 1.165) is 0 Å². The van der Waals surface area contributed by atoms with Crippen molar-refractivity contribution in [2.45, 2.75) is 25.7 Å². The van der Waals surface area contributed by atoms with Crippen molar-refractivity contribution >= 4 is 32.5 Å². The predicted molar refractivity (Wildman–Crippen MR) is 57.1 cm³/mol. The Morgan fingerprint density at radius 1 is 1.40 bits per heavy atom. The highest BCUT2D eigenvalue weighted by Crippen LogP contribution is 2.13. The normalized spacial score (nSPS) is 12.7. The van der Waals surface area contributed by atoms with E-state index in [0.29, 0.717) is 0 Å². The van der Waals surface area contributed by atoms with Gasteiger partial charge >= 0.3 is 0 Å².